The van der Waals surface area contributed by atoms with Gasteiger partial charge in [0.2, 0.25) is 0 Å². The number of ether oxygens (including phenoxy) is 1. The van der Waals surface area contributed by atoms with Crippen molar-refractivity contribution < 1.29 is 4.74 Å². The molecule has 0 amide bonds. The minimum atomic E-state index is 0.547. The SMILES string of the molecule is CC1NC2=C(C=C(N3CCOCC3)CC2)S1. The fraction of sp³-hybridized carbons (Fsp3) is 0.667. The molecule has 16 heavy (non-hydrogen) atoms. The van der Waals surface area contributed by atoms with E-state index in [1.807, 2.05) is 11.8 Å². The summed E-state index contributed by atoms with van der Waals surface area (Å²) in [6, 6.07) is 0. The van der Waals surface area contributed by atoms with Crippen molar-refractivity contribution in [3.63, 3.8) is 0 Å². The Morgan fingerprint density at radius 3 is 3.00 bits per heavy atom. The lowest BCUT2D eigenvalue weighted by Gasteiger charge is -2.32. The summed E-state index contributed by atoms with van der Waals surface area (Å²) in [6.45, 7) is 6.10. The minimum absolute atomic E-state index is 0.547. The molecular formula is C12H18N2OS. The molecular weight excluding hydrogens is 220 g/mol. The maximum atomic E-state index is 5.40. The van der Waals surface area contributed by atoms with E-state index in [0.29, 0.717) is 5.37 Å². The van der Waals surface area contributed by atoms with Crippen LogP contribution in [0.5, 0.6) is 0 Å². The Kier molecular flexibility index (Phi) is 2.86. The summed E-state index contributed by atoms with van der Waals surface area (Å²) in [6.07, 6.45) is 4.74. The number of hydrogen-bond acceptors (Lipinski definition) is 4. The van der Waals surface area contributed by atoms with Gasteiger partial charge in [0.1, 0.15) is 0 Å². The average molecular weight is 238 g/mol. The molecule has 0 spiro atoms. The quantitative estimate of drug-likeness (QED) is 0.754. The first-order valence-corrected chi connectivity index (χ1v) is 6.90. The molecule has 3 aliphatic rings. The van der Waals surface area contributed by atoms with Crippen molar-refractivity contribution in [3.05, 3.63) is 22.4 Å². The van der Waals surface area contributed by atoms with Gasteiger partial charge in [-0.25, -0.2) is 0 Å². The van der Waals surface area contributed by atoms with Crippen LogP contribution in [0.3, 0.4) is 0 Å². The molecule has 0 aromatic carbocycles. The smallest absolute Gasteiger partial charge is 0.0738 e. The van der Waals surface area contributed by atoms with E-state index in [0.717, 1.165) is 26.3 Å². The maximum absolute atomic E-state index is 5.40. The summed E-state index contributed by atoms with van der Waals surface area (Å²) >= 11 is 1.95. The number of morpholine rings is 1. The predicted octanol–water partition coefficient (Wildman–Crippen LogP) is 1.89. The van der Waals surface area contributed by atoms with Crippen LogP contribution in [0.2, 0.25) is 0 Å². The van der Waals surface area contributed by atoms with Crippen LogP contribution >= 0.6 is 11.8 Å². The molecule has 2 heterocycles. The van der Waals surface area contributed by atoms with E-state index in [1.54, 1.807) is 0 Å². The first-order valence-electron chi connectivity index (χ1n) is 6.02. The van der Waals surface area contributed by atoms with Crippen molar-refractivity contribution in [2.45, 2.75) is 25.1 Å². The third-order valence-corrected chi connectivity index (χ3v) is 4.41. The molecule has 0 saturated carbocycles. The van der Waals surface area contributed by atoms with Crippen LogP contribution in [0.25, 0.3) is 0 Å². The Labute approximate surface area is 101 Å². The highest BCUT2D eigenvalue weighted by atomic mass is 32.2. The largest absolute Gasteiger partial charge is 0.378 e. The van der Waals surface area contributed by atoms with Gasteiger partial charge in [0.15, 0.2) is 0 Å². The van der Waals surface area contributed by atoms with Gasteiger partial charge < -0.3 is 15.0 Å². The zero-order valence-electron chi connectivity index (χ0n) is 9.66. The van der Waals surface area contributed by atoms with Gasteiger partial charge in [-0.1, -0.05) is 11.8 Å². The van der Waals surface area contributed by atoms with Crippen LogP contribution in [-0.2, 0) is 4.74 Å². The van der Waals surface area contributed by atoms with E-state index in [2.05, 4.69) is 23.2 Å². The van der Waals surface area contributed by atoms with Crippen LogP contribution in [0.1, 0.15) is 19.8 Å². The van der Waals surface area contributed by atoms with Crippen LogP contribution in [-0.4, -0.2) is 36.6 Å². The van der Waals surface area contributed by atoms with Crippen molar-refractivity contribution >= 4 is 11.8 Å². The number of nitrogens with zero attached hydrogens (tertiary/aromatic N) is 1. The molecule has 3 nitrogen and oxygen atoms in total. The molecule has 1 unspecified atom stereocenters. The molecule has 88 valence electrons. The second kappa shape index (κ2) is 4.34. The minimum Gasteiger partial charge on any atom is -0.378 e. The molecule has 1 aliphatic carbocycles. The van der Waals surface area contributed by atoms with Gasteiger partial charge in [-0.15, -0.1) is 0 Å². The lowest BCUT2D eigenvalue weighted by Crippen LogP contribution is -2.36. The third kappa shape index (κ3) is 1.96. The summed E-state index contributed by atoms with van der Waals surface area (Å²) in [5.41, 5.74) is 2.96. The summed E-state index contributed by atoms with van der Waals surface area (Å²) in [5.74, 6) is 0. The normalized spacial score (nSPS) is 29.9. The van der Waals surface area contributed by atoms with Crippen LogP contribution < -0.4 is 5.32 Å². The molecule has 1 fully saturated rings. The number of rotatable bonds is 1. The highest BCUT2D eigenvalue weighted by molar-refractivity contribution is 8.04. The number of hydrogen-bond donors (Lipinski definition) is 1. The monoisotopic (exact) mass is 238 g/mol. The summed E-state index contributed by atoms with van der Waals surface area (Å²) in [4.78, 5) is 3.94. The molecule has 1 saturated heterocycles. The van der Waals surface area contributed by atoms with Gasteiger partial charge in [0.05, 0.1) is 18.6 Å². The van der Waals surface area contributed by atoms with Crippen LogP contribution in [0.4, 0.5) is 0 Å². The van der Waals surface area contributed by atoms with Crippen molar-refractivity contribution in [1.29, 1.82) is 0 Å². The average Bonchev–Trinajstić information content (AvgIpc) is 2.69. The van der Waals surface area contributed by atoms with Gasteiger partial charge >= 0.3 is 0 Å². The Bertz CT molecular complexity index is 345. The molecule has 3 rings (SSSR count). The van der Waals surface area contributed by atoms with E-state index >= 15 is 0 Å². The van der Waals surface area contributed by atoms with Crippen molar-refractivity contribution in [3.8, 4) is 0 Å². The predicted molar refractivity (Wildman–Crippen MR) is 66.9 cm³/mol. The Morgan fingerprint density at radius 2 is 2.19 bits per heavy atom. The van der Waals surface area contributed by atoms with Gasteiger partial charge in [-0.05, 0) is 25.8 Å². The molecule has 0 aromatic heterocycles. The number of allylic oxidation sites excluding steroid dienone is 3. The van der Waals surface area contributed by atoms with E-state index in [4.69, 9.17) is 4.74 Å². The zero-order chi connectivity index (χ0) is 11.0. The first kappa shape index (κ1) is 10.5. The number of thioether (sulfide) groups is 1. The van der Waals surface area contributed by atoms with Crippen LogP contribution in [0, 0.1) is 0 Å². The lowest BCUT2D eigenvalue weighted by molar-refractivity contribution is 0.0519. The van der Waals surface area contributed by atoms with E-state index in [-0.39, 0.29) is 0 Å². The summed E-state index contributed by atoms with van der Waals surface area (Å²) in [7, 11) is 0. The first-order chi connectivity index (χ1) is 7.83. The third-order valence-electron chi connectivity index (χ3n) is 3.32. The van der Waals surface area contributed by atoms with Crippen LogP contribution in [0.15, 0.2) is 22.4 Å². The van der Waals surface area contributed by atoms with E-state index in [9.17, 15) is 0 Å². The van der Waals surface area contributed by atoms with Crippen molar-refractivity contribution in [2.24, 2.45) is 0 Å². The maximum Gasteiger partial charge on any atom is 0.0738 e. The van der Waals surface area contributed by atoms with Crippen molar-refractivity contribution in [2.75, 3.05) is 26.3 Å². The fourth-order valence-corrected chi connectivity index (χ4v) is 3.59. The summed E-state index contributed by atoms with van der Waals surface area (Å²) < 4.78 is 5.40. The molecule has 1 N–H and O–H groups in total. The zero-order valence-corrected chi connectivity index (χ0v) is 10.5. The molecule has 1 atom stereocenters. The molecule has 0 bridgehead atoms. The highest BCUT2D eigenvalue weighted by Crippen LogP contribution is 2.38. The molecule has 0 radical (unpaired) electrons. The Balaban J connectivity index is 1.75. The number of nitrogens with one attached hydrogen (secondary N) is 1. The molecule has 4 heteroatoms. The van der Waals surface area contributed by atoms with Gasteiger partial charge in [-0.3, -0.25) is 0 Å². The van der Waals surface area contributed by atoms with Crippen molar-refractivity contribution in [1.82, 2.24) is 10.2 Å². The Morgan fingerprint density at radius 1 is 1.38 bits per heavy atom. The van der Waals surface area contributed by atoms with Gasteiger partial charge in [-0.2, -0.15) is 0 Å². The van der Waals surface area contributed by atoms with E-state index in [1.165, 1.54) is 29.1 Å². The van der Waals surface area contributed by atoms with E-state index < -0.39 is 0 Å². The second-order valence-electron chi connectivity index (χ2n) is 4.48. The summed E-state index contributed by atoms with van der Waals surface area (Å²) in [5, 5.41) is 4.08. The Hall–Kier alpha value is -0.610. The molecule has 0 aromatic rings. The molecule has 2 aliphatic heterocycles. The lowest BCUT2D eigenvalue weighted by atomic mass is 10.1. The van der Waals surface area contributed by atoms with Gasteiger partial charge in [0.25, 0.3) is 0 Å². The van der Waals surface area contributed by atoms with Gasteiger partial charge in [0, 0.05) is 29.4 Å². The topological polar surface area (TPSA) is 24.5 Å². The standard InChI is InChI=1S/C12H18N2OS/c1-9-13-11-3-2-10(8-12(11)16-9)14-4-6-15-7-5-14/h8-9,13H,2-7H2,1H3. The fourth-order valence-electron chi connectivity index (χ4n) is 2.50. The second-order valence-corrected chi connectivity index (χ2v) is 5.86. The highest BCUT2D eigenvalue weighted by Gasteiger charge is 2.25.